The van der Waals surface area contributed by atoms with Gasteiger partial charge < -0.3 is 10.2 Å². The fraction of sp³-hybridized carbons (Fsp3) is 0.385. The third kappa shape index (κ3) is 5.11. The van der Waals surface area contributed by atoms with Crippen LogP contribution in [0.1, 0.15) is 48.4 Å². The van der Waals surface area contributed by atoms with E-state index in [1.165, 1.54) is 10.4 Å². The summed E-state index contributed by atoms with van der Waals surface area (Å²) in [6.45, 7) is 9.96. The van der Waals surface area contributed by atoms with Crippen LogP contribution in [0.2, 0.25) is 0 Å². The van der Waals surface area contributed by atoms with Crippen molar-refractivity contribution in [1.82, 2.24) is 14.1 Å². The fourth-order valence-corrected chi connectivity index (χ4v) is 6.09. The predicted molar refractivity (Wildman–Crippen MR) is 139 cm³/mol. The molecular formula is C26H33N5O3S. The van der Waals surface area contributed by atoms with Crippen molar-refractivity contribution in [3.63, 3.8) is 0 Å². The molecule has 1 saturated heterocycles. The molecule has 2 heterocycles. The summed E-state index contributed by atoms with van der Waals surface area (Å²) in [6, 6.07) is 14.4. The number of amides is 1. The van der Waals surface area contributed by atoms with Crippen LogP contribution in [0.3, 0.4) is 0 Å². The molecule has 0 saturated carbocycles. The molecule has 186 valence electrons. The molecule has 2 aromatic carbocycles. The summed E-state index contributed by atoms with van der Waals surface area (Å²) >= 11 is 0. The van der Waals surface area contributed by atoms with Gasteiger partial charge in [0, 0.05) is 43.2 Å². The third-order valence-electron chi connectivity index (χ3n) is 6.36. The van der Waals surface area contributed by atoms with Gasteiger partial charge in [0.25, 0.3) is 5.91 Å². The Balaban J connectivity index is 1.70. The molecule has 1 aliphatic heterocycles. The van der Waals surface area contributed by atoms with Crippen molar-refractivity contribution >= 4 is 27.3 Å². The molecule has 9 heteroatoms. The topological polar surface area (TPSA) is 87.5 Å². The zero-order chi connectivity index (χ0) is 25.2. The van der Waals surface area contributed by atoms with Gasteiger partial charge in [-0.15, -0.1) is 0 Å². The van der Waals surface area contributed by atoms with E-state index in [2.05, 4.69) is 15.3 Å². The van der Waals surface area contributed by atoms with Crippen LogP contribution in [0.15, 0.2) is 53.4 Å². The number of aromatic nitrogens is 2. The zero-order valence-corrected chi connectivity index (χ0v) is 21.6. The number of nitrogens with zero attached hydrogens (tertiary/aromatic N) is 4. The molecule has 4 rings (SSSR count). The standard InChI is InChI=1S/C26H33N5O3S/c1-5-30(6-2)35(33,34)23-12-13-25(29-14-7-8-15-29)24(18-23)26(32)27-21-10-9-11-22(17-21)31-20(4)16-19(3)28-31/h9-13,16-18H,5-8,14-15H2,1-4H3,(H,27,32). The van der Waals surface area contributed by atoms with Crippen LogP contribution in [-0.2, 0) is 10.0 Å². The van der Waals surface area contributed by atoms with E-state index < -0.39 is 10.0 Å². The Morgan fingerprint density at radius 2 is 1.74 bits per heavy atom. The molecule has 0 aliphatic carbocycles. The van der Waals surface area contributed by atoms with E-state index in [-0.39, 0.29) is 10.8 Å². The van der Waals surface area contributed by atoms with E-state index in [9.17, 15) is 13.2 Å². The van der Waals surface area contributed by atoms with Gasteiger partial charge in [0.05, 0.1) is 21.8 Å². The molecule has 8 nitrogen and oxygen atoms in total. The lowest BCUT2D eigenvalue weighted by atomic mass is 10.1. The van der Waals surface area contributed by atoms with E-state index in [4.69, 9.17) is 0 Å². The normalized spacial score (nSPS) is 14.0. The van der Waals surface area contributed by atoms with Gasteiger partial charge in [-0.2, -0.15) is 9.40 Å². The number of carbonyl (C=O) groups excluding carboxylic acids is 1. The lowest BCUT2D eigenvalue weighted by molar-refractivity contribution is 0.102. The Kier molecular flexibility index (Phi) is 7.28. The Bertz CT molecular complexity index is 1320. The first kappa shape index (κ1) is 24.9. The highest BCUT2D eigenvalue weighted by atomic mass is 32.2. The predicted octanol–water partition coefficient (Wildman–Crippen LogP) is 4.37. The summed E-state index contributed by atoms with van der Waals surface area (Å²) in [4.78, 5) is 15.8. The number of nitrogens with one attached hydrogen (secondary N) is 1. The molecule has 0 radical (unpaired) electrons. The van der Waals surface area contributed by atoms with E-state index in [1.54, 1.807) is 12.1 Å². The van der Waals surface area contributed by atoms with Crippen LogP contribution in [0.5, 0.6) is 0 Å². The third-order valence-corrected chi connectivity index (χ3v) is 8.41. The molecule has 0 spiro atoms. The smallest absolute Gasteiger partial charge is 0.257 e. The van der Waals surface area contributed by atoms with Crippen molar-refractivity contribution in [3.8, 4) is 5.69 Å². The highest BCUT2D eigenvalue weighted by Gasteiger charge is 2.26. The van der Waals surface area contributed by atoms with E-state index in [0.717, 1.165) is 48.7 Å². The second-order valence-electron chi connectivity index (χ2n) is 8.81. The van der Waals surface area contributed by atoms with Gasteiger partial charge in [0.15, 0.2) is 0 Å². The molecule has 3 aromatic rings. The molecule has 0 unspecified atom stereocenters. The first-order valence-corrected chi connectivity index (χ1v) is 13.5. The summed E-state index contributed by atoms with van der Waals surface area (Å²) in [6.07, 6.45) is 2.09. The van der Waals surface area contributed by atoms with Crippen molar-refractivity contribution in [2.45, 2.75) is 45.4 Å². The van der Waals surface area contributed by atoms with E-state index in [1.807, 2.05) is 62.7 Å². The molecule has 1 amide bonds. The van der Waals surface area contributed by atoms with Crippen LogP contribution >= 0.6 is 0 Å². The van der Waals surface area contributed by atoms with Crippen molar-refractivity contribution in [3.05, 3.63) is 65.5 Å². The van der Waals surface area contributed by atoms with Gasteiger partial charge in [-0.25, -0.2) is 13.1 Å². The minimum Gasteiger partial charge on any atom is -0.371 e. The maximum atomic E-state index is 13.5. The maximum Gasteiger partial charge on any atom is 0.257 e. The van der Waals surface area contributed by atoms with Crippen LogP contribution in [0.4, 0.5) is 11.4 Å². The van der Waals surface area contributed by atoms with Gasteiger partial charge in [0.2, 0.25) is 10.0 Å². The Labute approximate surface area is 207 Å². The average molecular weight is 496 g/mol. The molecule has 1 N–H and O–H groups in total. The van der Waals surface area contributed by atoms with E-state index >= 15 is 0 Å². The molecule has 0 atom stereocenters. The lowest BCUT2D eigenvalue weighted by Crippen LogP contribution is -2.31. The number of carbonyl (C=O) groups is 1. The lowest BCUT2D eigenvalue weighted by Gasteiger charge is -2.23. The van der Waals surface area contributed by atoms with Crippen LogP contribution in [-0.4, -0.2) is 54.6 Å². The van der Waals surface area contributed by atoms with Crippen LogP contribution in [0.25, 0.3) is 5.69 Å². The highest BCUT2D eigenvalue weighted by molar-refractivity contribution is 7.89. The van der Waals surface area contributed by atoms with Crippen molar-refractivity contribution in [2.24, 2.45) is 0 Å². The summed E-state index contributed by atoms with van der Waals surface area (Å²) in [7, 11) is -3.69. The minimum atomic E-state index is -3.69. The average Bonchev–Trinajstić information content (AvgIpc) is 3.49. The molecular weight excluding hydrogens is 462 g/mol. The number of rotatable bonds is 8. The summed E-state index contributed by atoms with van der Waals surface area (Å²) in [5.41, 5.74) is 4.48. The van der Waals surface area contributed by atoms with Crippen LogP contribution < -0.4 is 10.2 Å². The number of hydrogen-bond acceptors (Lipinski definition) is 5. The number of anilines is 2. The first-order chi connectivity index (χ1) is 16.7. The second kappa shape index (κ2) is 10.2. The minimum absolute atomic E-state index is 0.130. The van der Waals surface area contributed by atoms with Crippen molar-refractivity contribution < 1.29 is 13.2 Å². The van der Waals surface area contributed by atoms with Gasteiger partial charge in [0.1, 0.15) is 0 Å². The summed E-state index contributed by atoms with van der Waals surface area (Å²) < 4.78 is 29.6. The number of aryl methyl sites for hydroxylation is 2. The fourth-order valence-electron chi connectivity index (χ4n) is 4.61. The second-order valence-corrected chi connectivity index (χ2v) is 10.7. The summed E-state index contributed by atoms with van der Waals surface area (Å²) in [5, 5.41) is 7.50. The SMILES string of the molecule is CCN(CC)S(=O)(=O)c1ccc(N2CCCC2)c(C(=O)Nc2cccc(-n3nc(C)cc3C)c2)c1. The number of sulfonamides is 1. The molecule has 35 heavy (non-hydrogen) atoms. The zero-order valence-electron chi connectivity index (χ0n) is 20.8. The number of hydrogen-bond donors (Lipinski definition) is 1. The molecule has 0 bridgehead atoms. The monoisotopic (exact) mass is 495 g/mol. The Hall–Kier alpha value is -3.17. The van der Waals surface area contributed by atoms with Gasteiger partial charge in [-0.1, -0.05) is 19.9 Å². The molecule has 1 aliphatic rings. The van der Waals surface area contributed by atoms with Crippen molar-refractivity contribution in [2.75, 3.05) is 36.4 Å². The molecule has 1 aromatic heterocycles. The van der Waals surface area contributed by atoms with Crippen LogP contribution in [0, 0.1) is 13.8 Å². The quantitative estimate of drug-likeness (QED) is 0.501. The van der Waals surface area contributed by atoms with Gasteiger partial charge in [-0.05, 0) is 69.2 Å². The first-order valence-electron chi connectivity index (χ1n) is 12.1. The van der Waals surface area contributed by atoms with E-state index in [0.29, 0.717) is 24.3 Å². The van der Waals surface area contributed by atoms with Gasteiger partial charge in [-0.3, -0.25) is 4.79 Å². The number of benzene rings is 2. The largest absolute Gasteiger partial charge is 0.371 e. The van der Waals surface area contributed by atoms with Crippen molar-refractivity contribution in [1.29, 1.82) is 0 Å². The summed E-state index contributed by atoms with van der Waals surface area (Å²) in [5.74, 6) is -0.339. The highest BCUT2D eigenvalue weighted by Crippen LogP contribution is 2.29. The maximum absolute atomic E-state index is 13.5. The van der Waals surface area contributed by atoms with Gasteiger partial charge >= 0.3 is 0 Å². The Morgan fingerprint density at radius 1 is 1.03 bits per heavy atom. The molecule has 1 fully saturated rings. The Morgan fingerprint density at radius 3 is 2.37 bits per heavy atom.